The number of sulfone groups is 1. The van der Waals surface area contributed by atoms with E-state index in [9.17, 15) is 13.2 Å². The first-order chi connectivity index (χ1) is 4.93. The Bertz CT molecular complexity index is 270. The molecule has 1 atom stereocenters. The molecule has 1 rings (SSSR count). The van der Waals surface area contributed by atoms with E-state index < -0.39 is 21.3 Å². The molecule has 0 aliphatic carbocycles. The molecule has 1 amide bonds. The molecular formula is C5H9NO4S. The lowest BCUT2D eigenvalue weighted by Crippen LogP contribution is -2.54. The summed E-state index contributed by atoms with van der Waals surface area (Å²) in [4.78, 5) is 11.2. The Morgan fingerprint density at radius 3 is 2.27 bits per heavy atom. The summed E-state index contributed by atoms with van der Waals surface area (Å²) in [5.41, 5.74) is 0. The molecule has 1 heterocycles. The van der Waals surface area contributed by atoms with E-state index in [1.807, 2.05) is 0 Å². The van der Waals surface area contributed by atoms with Crippen molar-refractivity contribution in [1.29, 1.82) is 0 Å². The van der Waals surface area contributed by atoms with Crippen molar-refractivity contribution in [1.82, 2.24) is 4.90 Å². The maximum Gasteiger partial charge on any atom is 0.408 e. The second-order valence-corrected chi connectivity index (χ2v) is 4.75. The summed E-state index contributed by atoms with van der Waals surface area (Å²) < 4.78 is 21.6. The van der Waals surface area contributed by atoms with Gasteiger partial charge in [-0.05, 0) is 0 Å². The van der Waals surface area contributed by atoms with E-state index >= 15 is 0 Å². The molecule has 6 heteroatoms. The van der Waals surface area contributed by atoms with E-state index in [0.29, 0.717) is 13.0 Å². The fourth-order valence-electron chi connectivity index (χ4n) is 1.03. The van der Waals surface area contributed by atoms with Crippen molar-refractivity contribution in [3.63, 3.8) is 0 Å². The molecule has 1 aliphatic rings. The Kier molecular flexibility index (Phi) is 1.79. The molecular weight excluding hydrogens is 170 g/mol. The molecule has 5 nitrogen and oxygen atoms in total. The molecule has 0 bridgehead atoms. The van der Waals surface area contributed by atoms with Crippen molar-refractivity contribution in [3.8, 4) is 0 Å². The van der Waals surface area contributed by atoms with Gasteiger partial charge in [0.15, 0.2) is 9.84 Å². The van der Waals surface area contributed by atoms with Gasteiger partial charge >= 0.3 is 6.09 Å². The second-order valence-electron chi connectivity index (χ2n) is 2.55. The summed E-state index contributed by atoms with van der Waals surface area (Å²) in [5.74, 6) is 0. The van der Waals surface area contributed by atoms with Crippen LogP contribution in [0.25, 0.3) is 0 Å². The zero-order valence-corrected chi connectivity index (χ0v) is 6.84. The van der Waals surface area contributed by atoms with Crippen LogP contribution in [0.5, 0.6) is 0 Å². The van der Waals surface area contributed by atoms with Crippen LogP contribution in [0.4, 0.5) is 4.79 Å². The van der Waals surface area contributed by atoms with Crippen molar-refractivity contribution in [3.05, 3.63) is 0 Å². The first-order valence-corrected chi connectivity index (χ1v) is 5.07. The van der Waals surface area contributed by atoms with E-state index in [1.165, 1.54) is 0 Å². The number of hydrogen-bond donors (Lipinski definition) is 1. The summed E-state index contributed by atoms with van der Waals surface area (Å²) in [6, 6.07) is 0. The fraction of sp³-hybridized carbons (Fsp3) is 0.800. The average Bonchev–Trinajstić information content (AvgIpc) is 1.51. The van der Waals surface area contributed by atoms with Gasteiger partial charge in [0.2, 0.25) is 0 Å². The highest BCUT2D eigenvalue weighted by atomic mass is 32.2. The molecule has 0 radical (unpaired) electrons. The number of nitrogens with zero attached hydrogens (tertiary/aromatic N) is 1. The minimum absolute atomic E-state index is 0.326. The lowest BCUT2D eigenvalue weighted by atomic mass is 10.2. The second kappa shape index (κ2) is 2.37. The summed E-state index contributed by atoms with van der Waals surface area (Å²) in [6.45, 7) is 0.326. The normalized spacial score (nSPS) is 24.5. The summed E-state index contributed by atoms with van der Waals surface area (Å²) in [5, 5.41) is 7.62. The van der Waals surface area contributed by atoms with Crippen molar-refractivity contribution in [2.24, 2.45) is 0 Å². The highest BCUT2D eigenvalue weighted by Crippen LogP contribution is 2.21. The number of likely N-dealkylation sites (tertiary alicyclic amines) is 1. The molecule has 1 fully saturated rings. The van der Waals surface area contributed by atoms with Crippen LogP contribution in [0.15, 0.2) is 0 Å². The molecule has 64 valence electrons. The molecule has 1 unspecified atom stereocenters. The lowest BCUT2D eigenvalue weighted by Gasteiger charge is -2.36. The smallest absolute Gasteiger partial charge is 0.408 e. The van der Waals surface area contributed by atoms with Gasteiger partial charge in [-0.3, -0.25) is 4.90 Å². The van der Waals surface area contributed by atoms with Crippen molar-refractivity contribution < 1.29 is 18.3 Å². The topological polar surface area (TPSA) is 74.7 Å². The number of amides is 1. The SMILES string of the molecule is CS(=O)(=O)C1CCN1C(=O)O. The number of carboxylic acid groups (broad SMARTS) is 1. The van der Waals surface area contributed by atoms with Crippen LogP contribution in [0.3, 0.4) is 0 Å². The summed E-state index contributed by atoms with van der Waals surface area (Å²) >= 11 is 0. The first kappa shape index (κ1) is 8.32. The van der Waals surface area contributed by atoms with Crippen molar-refractivity contribution in [2.45, 2.75) is 11.8 Å². The molecule has 0 aromatic carbocycles. The molecule has 11 heavy (non-hydrogen) atoms. The van der Waals surface area contributed by atoms with E-state index in [-0.39, 0.29) is 0 Å². The van der Waals surface area contributed by atoms with Crippen LogP contribution >= 0.6 is 0 Å². The van der Waals surface area contributed by atoms with Gasteiger partial charge in [-0.1, -0.05) is 0 Å². The molecule has 1 aliphatic heterocycles. The van der Waals surface area contributed by atoms with E-state index in [4.69, 9.17) is 5.11 Å². The standard InChI is InChI=1S/C5H9NO4S/c1-11(9,10)4-2-3-6(4)5(7)8/h4H,2-3H2,1H3,(H,7,8). The molecule has 0 saturated carbocycles. The number of carbonyl (C=O) groups is 1. The van der Waals surface area contributed by atoms with Crippen LogP contribution in [0.1, 0.15) is 6.42 Å². The molecule has 0 aromatic heterocycles. The van der Waals surface area contributed by atoms with Gasteiger partial charge in [0.1, 0.15) is 5.37 Å². The van der Waals surface area contributed by atoms with Crippen LogP contribution in [0.2, 0.25) is 0 Å². The lowest BCUT2D eigenvalue weighted by molar-refractivity contribution is 0.104. The quantitative estimate of drug-likeness (QED) is 0.601. The maximum absolute atomic E-state index is 10.8. The zero-order valence-electron chi connectivity index (χ0n) is 6.02. The number of hydrogen-bond acceptors (Lipinski definition) is 3. The Hall–Kier alpha value is -0.780. The van der Waals surface area contributed by atoms with Gasteiger partial charge in [-0.25, -0.2) is 13.2 Å². The molecule has 0 aromatic rings. The Morgan fingerprint density at radius 2 is 2.18 bits per heavy atom. The minimum Gasteiger partial charge on any atom is -0.465 e. The number of rotatable bonds is 1. The first-order valence-electron chi connectivity index (χ1n) is 3.11. The van der Waals surface area contributed by atoms with Crippen LogP contribution in [-0.2, 0) is 9.84 Å². The Morgan fingerprint density at radius 1 is 1.64 bits per heavy atom. The van der Waals surface area contributed by atoms with E-state index in [1.54, 1.807) is 0 Å². The zero-order chi connectivity index (χ0) is 8.65. The highest BCUT2D eigenvalue weighted by Gasteiger charge is 2.39. The third-order valence-corrected chi connectivity index (χ3v) is 3.18. The van der Waals surface area contributed by atoms with Crippen molar-refractivity contribution >= 4 is 15.9 Å². The molecule has 1 saturated heterocycles. The summed E-state index contributed by atoms with van der Waals surface area (Å²) in [6.07, 6.45) is 0.310. The highest BCUT2D eigenvalue weighted by molar-refractivity contribution is 7.91. The third-order valence-electron chi connectivity index (χ3n) is 1.70. The van der Waals surface area contributed by atoms with Gasteiger partial charge in [0.05, 0.1) is 0 Å². The van der Waals surface area contributed by atoms with Gasteiger partial charge in [0, 0.05) is 19.2 Å². The van der Waals surface area contributed by atoms with Crippen molar-refractivity contribution in [2.75, 3.05) is 12.8 Å². The minimum atomic E-state index is -3.22. The largest absolute Gasteiger partial charge is 0.465 e. The van der Waals surface area contributed by atoms with Gasteiger partial charge in [-0.15, -0.1) is 0 Å². The third kappa shape index (κ3) is 1.45. The Labute approximate surface area is 64.5 Å². The average molecular weight is 179 g/mol. The predicted octanol–water partition coefficient (Wildman–Crippen LogP) is -0.259. The van der Waals surface area contributed by atoms with Crippen LogP contribution in [0, 0.1) is 0 Å². The van der Waals surface area contributed by atoms with Gasteiger partial charge in [-0.2, -0.15) is 0 Å². The molecule has 1 N–H and O–H groups in total. The summed E-state index contributed by atoms with van der Waals surface area (Å²) in [7, 11) is -3.22. The van der Waals surface area contributed by atoms with Gasteiger partial charge < -0.3 is 5.11 Å². The van der Waals surface area contributed by atoms with E-state index in [0.717, 1.165) is 11.2 Å². The maximum atomic E-state index is 10.8. The van der Waals surface area contributed by atoms with Crippen LogP contribution < -0.4 is 0 Å². The van der Waals surface area contributed by atoms with E-state index in [2.05, 4.69) is 0 Å². The fourth-order valence-corrected chi connectivity index (χ4v) is 2.22. The Balaban J connectivity index is 2.72. The van der Waals surface area contributed by atoms with Crippen LogP contribution in [-0.4, -0.2) is 42.7 Å². The monoisotopic (exact) mass is 179 g/mol. The predicted molar refractivity (Wildman–Crippen MR) is 38.0 cm³/mol. The van der Waals surface area contributed by atoms with Gasteiger partial charge in [0.25, 0.3) is 0 Å². The molecule has 0 spiro atoms.